The summed E-state index contributed by atoms with van der Waals surface area (Å²) in [5.41, 5.74) is 2.53. The highest BCUT2D eigenvalue weighted by Gasteiger charge is 2.21. The van der Waals surface area contributed by atoms with Gasteiger partial charge < -0.3 is 19.3 Å². The maximum absolute atomic E-state index is 6.09. The number of quaternary nitrogens is 1. The first-order valence-electron chi connectivity index (χ1n) is 8.00. The zero-order valence-electron chi connectivity index (χ0n) is 12.9. The highest BCUT2D eigenvalue weighted by atomic mass is 35.5. The van der Waals surface area contributed by atoms with Crippen molar-refractivity contribution in [2.24, 2.45) is 0 Å². The fraction of sp³-hybridized carbons (Fsp3) is 0.333. The lowest BCUT2D eigenvalue weighted by Gasteiger charge is -2.33. The van der Waals surface area contributed by atoms with Crippen LogP contribution in [0.15, 0.2) is 42.5 Å². The van der Waals surface area contributed by atoms with E-state index in [0.29, 0.717) is 6.79 Å². The van der Waals surface area contributed by atoms with Gasteiger partial charge >= 0.3 is 0 Å². The third-order valence-electron chi connectivity index (χ3n) is 4.54. The van der Waals surface area contributed by atoms with Gasteiger partial charge in [-0.05, 0) is 36.4 Å². The molecule has 2 aromatic rings. The number of rotatable bonds is 3. The van der Waals surface area contributed by atoms with Crippen LogP contribution in [0, 0.1) is 0 Å². The molecular weight excluding hydrogens is 312 g/mol. The molecule has 0 radical (unpaired) electrons. The Morgan fingerprint density at radius 2 is 1.83 bits per heavy atom. The van der Waals surface area contributed by atoms with Crippen LogP contribution in [0.1, 0.15) is 5.56 Å². The maximum Gasteiger partial charge on any atom is 0.231 e. The number of anilines is 1. The van der Waals surface area contributed by atoms with Crippen molar-refractivity contribution >= 4 is 17.3 Å². The molecule has 23 heavy (non-hydrogen) atoms. The number of hydrogen-bond acceptors (Lipinski definition) is 3. The van der Waals surface area contributed by atoms with Gasteiger partial charge in [0.2, 0.25) is 6.79 Å². The van der Waals surface area contributed by atoms with E-state index in [1.807, 2.05) is 24.3 Å². The van der Waals surface area contributed by atoms with Crippen LogP contribution in [0.3, 0.4) is 0 Å². The number of fused-ring (bicyclic) bond motifs is 1. The highest BCUT2D eigenvalue weighted by Crippen LogP contribution is 2.32. The first-order valence-corrected chi connectivity index (χ1v) is 8.38. The molecule has 0 saturated carbocycles. The van der Waals surface area contributed by atoms with Crippen molar-refractivity contribution in [2.45, 2.75) is 6.54 Å². The van der Waals surface area contributed by atoms with Crippen LogP contribution < -0.4 is 19.3 Å². The lowest BCUT2D eigenvalue weighted by molar-refractivity contribution is -0.914. The van der Waals surface area contributed by atoms with E-state index in [2.05, 4.69) is 23.1 Å². The van der Waals surface area contributed by atoms with E-state index in [4.69, 9.17) is 21.1 Å². The molecule has 2 aromatic carbocycles. The second-order valence-corrected chi connectivity index (χ2v) is 6.52. The van der Waals surface area contributed by atoms with Crippen LogP contribution in [-0.2, 0) is 6.54 Å². The first kappa shape index (κ1) is 14.7. The molecule has 4 nitrogen and oxygen atoms in total. The minimum atomic E-state index is 0.337. The molecule has 0 spiro atoms. The Labute approximate surface area is 141 Å². The average Bonchev–Trinajstić information content (AvgIpc) is 3.03. The van der Waals surface area contributed by atoms with Crippen LogP contribution in [-0.4, -0.2) is 33.0 Å². The molecule has 0 bridgehead atoms. The number of nitrogens with zero attached hydrogens (tertiary/aromatic N) is 1. The Hall–Kier alpha value is -1.91. The Morgan fingerprint density at radius 3 is 2.65 bits per heavy atom. The fourth-order valence-electron chi connectivity index (χ4n) is 3.27. The van der Waals surface area contributed by atoms with Crippen LogP contribution in [0.25, 0.3) is 0 Å². The summed E-state index contributed by atoms with van der Waals surface area (Å²) in [6.45, 7) is 5.73. The van der Waals surface area contributed by atoms with Crippen molar-refractivity contribution in [3.63, 3.8) is 0 Å². The summed E-state index contributed by atoms with van der Waals surface area (Å²) in [5.74, 6) is 1.73. The molecule has 0 amide bonds. The first-order chi connectivity index (χ1) is 11.3. The van der Waals surface area contributed by atoms with Gasteiger partial charge in [-0.2, -0.15) is 0 Å². The normalized spacial score (nSPS) is 17.5. The predicted octanol–water partition coefficient (Wildman–Crippen LogP) is 1.97. The summed E-state index contributed by atoms with van der Waals surface area (Å²) >= 11 is 6.09. The summed E-state index contributed by atoms with van der Waals surface area (Å²) in [7, 11) is 0. The van der Waals surface area contributed by atoms with Crippen molar-refractivity contribution in [1.82, 2.24) is 0 Å². The molecule has 1 fully saturated rings. The third-order valence-corrected chi connectivity index (χ3v) is 4.77. The van der Waals surface area contributed by atoms with Crippen LogP contribution in [0.5, 0.6) is 11.5 Å². The van der Waals surface area contributed by atoms with Crippen molar-refractivity contribution in [3.05, 3.63) is 53.1 Å². The van der Waals surface area contributed by atoms with E-state index >= 15 is 0 Å². The van der Waals surface area contributed by atoms with Crippen molar-refractivity contribution in [1.29, 1.82) is 0 Å². The zero-order valence-corrected chi connectivity index (χ0v) is 13.7. The largest absolute Gasteiger partial charge is 0.454 e. The van der Waals surface area contributed by atoms with E-state index in [1.165, 1.54) is 11.3 Å². The van der Waals surface area contributed by atoms with E-state index in [1.54, 1.807) is 4.90 Å². The zero-order chi connectivity index (χ0) is 15.6. The molecule has 0 aromatic heterocycles. The number of piperazine rings is 1. The Morgan fingerprint density at radius 1 is 1.00 bits per heavy atom. The molecule has 0 aliphatic carbocycles. The van der Waals surface area contributed by atoms with Crippen molar-refractivity contribution < 1.29 is 14.4 Å². The fourth-order valence-corrected chi connectivity index (χ4v) is 3.45. The molecule has 2 aliphatic heterocycles. The van der Waals surface area contributed by atoms with Gasteiger partial charge in [0.1, 0.15) is 6.54 Å². The van der Waals surface area contributed by atoms with Crippen LogP contribution >= 0.6 is 11.6 Å². The molecule has 2 heterocycles. The second kappa shape index (κ2) is 6.30. The van der Waals surface area contributed by atoms with Gasteiger partial charge in [0, 0.05) is 16.3 Å². The van der Waals surface area contributed by atoms with E-state index < -0.39 is 0 Å². The van der Waals surface area contributed by atoms with Gasteiger partial charge in [-0.25, -0.2) is 0 Å². The Balaban J connectivity index is 1.36. The Bertz CT molecular complexity index is 699. The van der Waals surface area contributed by atoms with E-state index in [0.717, 1.165) is 49.2 Å². The molecular formula is C18H20ClN2O2+. The topological polar surface area (TPSA) is 26.1 Å². The number of nitrogens with one attached hydrogen (secondary N) is 1. The minimum Gasteiger partial charge on any atom is -0.454 e. The quantitative estimate of drug-likeness (QED) is 0.931. The van der Waals surface area contributed by atoms with E-state index in [-0.39, 0.29) is 0 Å². The van der Waals surface area contributed by atoms with Crippen LogP contribution in [0.4, 0.5) is 5.69 Å². The summed E-state index contributed by atoms with van der Waals surface area (Å²) < 4.78 is 10.8. The number of halogens is 1. The summed E-state index contributed by atoms with van der Waals surface area (Å²) in [6.07, 6.45) is 0. The van der Waals surface area contributed by atoms with Crippen LogP contribution in [0.2, 0.25) is 5.02 Å². The standard InChI is InChI=1S/C18H19ClN2O2/c19-15-2-1-3-16(11-15)21-8-6-20(7-9-21)12-14-4-5-17-18(10-14)23-13-22-17/h1-5,10-11H,6-9,12-13H2/p+1. The lowest BCUT2D eigenvalue weighted by atomic mass is 10.1. The molecule has 120 valence electrons. The maximum atomic E-state index is 6.09. The van der Waals surface area contributed by atoms with Gasteiger partial charge in [-0.15, -0.1) is 0 Å². The molecule has 1 N–H and O–H groups in total. The van der Waals surface area contributed by atoms with Crippen molar-refractivity contribution in [2.75, 3.05) is 37.9 Å². The molecule has 0 atom stereocenters. The highest BCUT2D eigenvalue weighted by molar-refractivity contribution is 6.30. The number of hydrogen-bond donors (Lipinski definition) is 1. The molecule has 2 aliphatic rings. The van der Waals surface area contributed by atoms with Crippen molar-refractivity contribution in [3.8, 4) is 11.5 Å². The minimum absolute atomic E-state index is 0.337. The monoisotopic (exact) mass is 331 g/mol. The van der Waals surface area contributed by atoms with Gasteiger partial charge in [0.25, 0.3) is 0 Å². The van der Waals surface area contributed by atoms with Gasteiger partial charge in [-0.1, -0.05) is 17.7 Å². The smallest absolute Gasteiger partial charge is 0.231 e. The summed E-state index contributed by atoms with van der Waals surface area (Å²) in [6, 6.07) is 14.4. The molecule has 5 heteroatoms. The van der Waals surface area contributed by atoms with Gasteiger partial charge in [0.15, 0.2) is 11.5 Å². The summed E-state index contributed by atoms with van der Waals surface area (Å²) in [4.78, 5) is 4.01. The SMILES string of the molecule is Clc1cccc(N2CC[NH+](Cc3ccc4c(c3)OCO4)CC2)c1. The van der Waals surface area contributed by atoms with Gasteiger partial charge in [0.05, 0.1) is 26.2 Å². The summed E-state index contributed by atoms with van der Waals surface area (Å²) in [5, 5.41) is 0.803. The number of benzene rings is 2. The number of ether oxygens (including phenoxy) is 2. The average molecular weight is 332 g/mol. The van der Waals surface area contributed by atoms with Gasteiger partial charge in [-0.3, -0.25) is 0 Å². The molecule has 0 unspecified atom stereocenters. The molecule has 4 rings (SSSR count). The van der Waals surface area contributed by atoms with E-state index in [9.17, 15) is 0 Å². The molecule has 1 saturated heterocycles. The predicted molar refractivity (Wildman–Crippen MR) is 90.6 cm³/mol. The second-order valence-electron chi connectivity index (χ2n) is 6.08. The Kier molecular flexibility index (Phi) is 4.02. The third kappa shape index (κ3) is 3.23. The lowest BCUT2D eigenvalue weighted by Crippen LogP contribution is -3.13.